The van der Waals surface area contributed by atoms with Gasteiger partial charge in [0.2, 0.25) is 5.91 Å². The quantitative estimate of drug-likeness (QED) is 0.455. The summed E-state index contributed by atoms with van der Waals surface area (Å²) >= 11 is 1.63. The molecule has 0 spiro atoms. The Kier molecular flexibility index (Phi) is 4.69. The Hall–Kier alpha value is -1.00. The molecule has 106 valence electrons. The number of carbonyl (C=O) groups excluding carboxylic acids is 1. The van der Waals surface area contributed by atoms with Crippen molar-refractivity contribution in [3.05, 3.63) is 29.3 Å². The number of amides is 1. The molecule has 0 aliphatic heterocycles. The summed E-state index contributed by atoms with van der Waals surface area (Å²) in [6.45, 7) is 0. The third-order valence-electron chi connectivity index (χ3n) is 1.99. The van der Waals surface area contributed by atoms with E-state index < -0.39 is 35.1 Å². The van der Waals surface area contributed by atoms with E-state index in [1.165, 1.54) is 0 Å². The standard InChI is InChI=1S/C10H6F6INO/c11-9(12,13)5-1-6(10(14,15)16)3-7(2-5)18-8(19)4-17/h1-3H,4H2,(H,18,19). The first-order valence-electron chi connectivity index (χ1n) is 4.69. The Morgan fingerprint density at radius 3 is 1.74 bits per heavy atom. The third kappa shape index (κ3) is 4.55. The second kappa shape index (κ2) is 5.55. The maximum atomic E-state index is 12.5. The van der Waals surface area contributed by atoms with Crippen LogP contribution in [0.15, 0.2) is 18.2 Å². The van der Waals surface area contributed by atoms with E-state index in [-0.39, 0.29) is 10.5 Å². The van der Waals surface area contributed by atoms with Crippen molar-refractivity contribution in [3.8, 4) is 0 Å². The molecular weight excluding hydrogens is 391 g/mol. The first kappa shape index (κ1) is 16.1. The van der Waals surface area contributed by atoms with Crippen LogP contribution < -0.4 is 5.32 Å². The molecule has 0 unspecified atom stereocenters. The van der Waals surface area contributed by atoms with Crippen molar-refractivity contribution >= 4 is 34.2 Å². The number of benzene rings is 1. The van der Waals surface area contributed by atoms with Crippen LogP contribution >= 0.6 is 22.6 Å². The number of carbonyl (C=O) groups is 1. The first-order valence-corrected chi connectivity index (χ1v) is 6.22. The molecule has 1 amide bonds. The molecule has 0 heterocycles. The second-order valence-corrected chi connectivity index (χ2v) is 4.24. The zero-order valence-corrected chi connectivity index (χ0v) is 11.2. The highest BCUT2D eigenvalue weighted by Gasteiger charge is 2.37. The third-order valence-corrected chi connectivity index (χ3v) is 2.69. The number of nitrogens with one attached hydrogen (secondary N) is 1. The van der Waals surface area contributed by atoms with E-state index in [1.807, 2.05) is 5.32 Å². The Balaban J connectivity index is 3.29. The molecule has 1 N–H and O–H groups in total. The summed E-state index contributed by atoms with van der Waals surface area (Å²) in [6.07, 6.45) is -9.85. The van der Waals surface area contributed by atoms with E-state index in [1.54, 1.807) is 22.6 Å². The maximum Gasteiger partial charge on any atom is 0.416 e. The van der Waals surface area contributed by atoms with Crippen molar-refractivity contribution in [2.24, 2.45) is 0 Å². The lowest BCUT2D eigenvalue weighted by Gasteiger charge is -2.14. The zero-order valence-electron chi connectivity index (χ0n) is 8.99. The summed E-state index contributed by atoms with van der Waals surface area (Å²) < 4.78 is 74.8. The van der Waals surface area contributed by atoms with Crippen LogP contribution in [-0.4, -0.2) is 10.3 Å². The van der Waals surface area contributed by atoms with Crippen LogP contribution in [0.2, 0.25) is 0 Å². The predicted octanol–water partition coefficient (Wildman–Crippen LogP) is 4.10. The molecule has 1 aromatic rings. The Bertz CT molecular complexity index is 450. The van der Waals surface area contributed by atoms with Gasteiger partial charge in [0.15, 0.2) is 0 Å². The molecule has 0 aliphatic carbocycles. The molecule has 19 heavy (non-hydrogen) atoms. The van der Waals surface area contributed by atoms with E-state index in [9.17, 15) is 31.1 Å². The number of hydrogen-bond donors (Lipinski definition) is 1. The highest BCUT2D eigenvalue weighted by molar-refractivity contribution is 14.1. The van der Waals surface area contributed by atoms with Gasteiger partial charge in [0.05, 0.1) is 15.6 Å². The Morgan fingerprint density at radius 1 is 1.00 bits per heavy atom. The van der Waals surface area contributed by atoms with Gasteiger partial charge in [-0.1, -0.05) is 22.6 Å². The van der Waals surface area contributed by atoms with Crippen molar-refractivity contribution < 1.29 is 31.1 Å². The van der Waals surface area contributed by atoms with E-state index in [0.717, 1.165) is 0 Å². The van der Waals surface area contributed by atoms with Gasteiger partial charge in [-0.2, -0.15) is 26.3 Å². The molecular formula is C10H6F6INO. The predicted molar refractivity (Wildman–Crippen MR) is 64.0 cm³/mol. The Labute approximate surface area is 117 Å². The van der Waals surface area contributed by atoms with Gasteiger partial charge in [-0.25, -0.2) is 0 Å². The molecule has 0 atom stereocenters. The van der Waals surface area contributed by atoms with E-state index in [2.05, 4.69) is 0 Å². The first-order chi connectivity index (χ1) is 8.54. The molecule has 2 nitrogen and oxygen atoms in total. The number of halogens is 7. The average Bonchev–Trinajstić information content (AvgIpc) is 2.26. The van der Waals surface area contributed by atoms with Crippen molar-refractivity contribution in [2.75, 3.05) is 9.74 Å². The average molecular weight is 397 g/mol. The molecule has 1 aromatic carbocycles. The van der Waals surface area contributed by atoms with Crippen molar-refractivity contribution in [1.82, 2.24) is 0 Å². The van der Waals surface area contributed by atoms with Gasteiger partial charge < -0.3 is 5.32 Å². The normalized spacial score (nSPS) is 12.4. The van der Waals surface area contributed by atoms with Gasteiger partial charge in [0, 0.05) is 5.69 Å². The highest BCUT2D eigenvalue weighted by Crippen LogP contribution is 2.37. The molecule has 0 fully saturated rings. The van der Waals surface area contributed by atoms with E-state index in [0.29, 0.717) is 12.1 Å². The molecule has 0 bridgehead atoms. The van der Waals surface area contributed by atoms with Crippen LogP contribution in [0.25, 0.3) is 0 Å². The van der Waals surface area contributed by atoms with Gasteiger partial charge in [-0.05, 0) is 18.2 Å². The van der Waals surface area contributed by atoms with Gasteiger partial charge in [-0.3, -0.25) is 4.79 Å². The molecule has 1 rings (SSSR count). The lowest BCUT2D eigenvalue weighted by Crippen LogP contribution is -2.16. The second-order valence-electron chi connectivity index (χ2n) is 3.48. The number of anilines is 1. The van der Waals surface area contributed by atoms with Crippen LogP contribution in [0.1, 0.15) is 11.1 Å². The lowest BCUT2D eigenvalue weighted by atomic mass is 10.1. The van der Waals surface area contributed by atoms with Gasteiger partial charge >= 0.3 is 12.4 Å². The summed E-state index contributed by atoms with van der Waals surface area (Å²) in [7, 11) is 0. The molecule has 9 heteroatoms. The lowest BCUT2D eigenvalue weighted by molar-refractivity contribution is -0.143. The molecule has 0 aromatic heterocycles. The maximum absolute atomic E-state index is 12.5. The summed E-state index contributed by atoms with van der Waals surface area (Å²) in [6, 6.07) is 0.915. The molecule has 0 saturated carbocycles. The van der Waals surface area contributed by atoms with Crippen LogP contribution in [0.4, 0.5) is 32.0 Å². The minimum atomic E-state index is -4.93. The fraction of sp³-hybridized carbons (Fsp3) is 0.300. The summed E-state index contributed by atoms with van der Waals surface area (Å²) in [5, 5.41) is 1.97. The Morgan fingerprint density at radius 2 is 1.42 bits per heavy atom. The highest BCUT2D eigenvalue weighted by atomic mass is 127. The van der Waals surface area contributed by atoms with Crippen LogP contribution in [-0.2, 0) is 17.1 Å². The summed E-state index contributed by atoms with van der Waals surface area (Å²) in [5.74, 6) is -0.687. The van der Waals surface area contributed by atoms with Gasteiger partial charge in [-0.15, -0.1) is 0 Å². The number of hydrogen-bond acceptors (Lipinski definition) is 1. The topological polar surface area (TPSA) is 29.1 Å². The number of rotatable bonds is 2. The van der Waals surface area contributed by atoms with E-state index in [4.69, 9.17) is 0 Å². The van der Waals surface area contributed by atoms with Crippen molar-refractivity contribution in [2.45, 2.75) is 12.4 Å². The summed E-state index contributed by atoms with van der Waals surface area (Å²) in [4.78, 5) is 11.0. The molecule has 0 saturated heterocycles. The van der Waals surface area contributed by atoms with Gasteiger partial charge in [0.1, 0.15) is 0 Å². The smallest absolute Gasteiger partial charge is 0.325 e. The monoisotopic (exact) mass is 397 g/mol. The number of alkyl halides is 7. The fourth-order valence-electron chi connectivity index (χ4n) is 1.22. The fourth-order valence-corrected chi connectivity index (χ4v) is 1.41. The van der Waals surface area contributed by atoms with Crippen LogP contribution in [0, 0.1) is 0 Å². The molecule has 0 aliphatic rings. The van der Waals surface area contributed by atoms with Crippen molar-refractivity contribution in [3.63, 3.8) is 0 Å². The molecule has 0 radical (unpaired) electrons. The van der Waals surface area contributed by atoms with Gasteiger partial charge in [0.25, 0.3) is 0 Å². The SMILES string of the molecule is O=C(CI)Nc1cc(C(F)(F)F)cc(C(F)(F)F)c1. The minimum Gasteiger partial charge on any atom is -0.325 e. The van der Waals surface area contributed by atoms with Crippen LogP contribution in [0.5, 0.6) is 0 Å². The van der Waals surface area contributed by atoms with Crippen molar-refractivity contribution in [1.29, 1.82) is 0 Å². The zero-order chi connectivity index (χ0) is 14.8. The minimum absolute atomic E-state index is 0.000286. The van der Waals surface area contributed by atoms with E-state index >= 15 is 0 Å². The van der Waals surface area contributed by atoms with Crippen LogP contribution in [0.3, 0.4) is 0 Å². The largest absolute Gasteiger partial charge is 0.416 e. The summed E-state index contributed by atoms with van der Waals surface area (Å²) in [5.41, 5.74) is -3.47.